The number of carbonyl (C=O) groups is 1. The van der Waals surface area contributed by atoms with E-state index >= 15 is 0 Å². The number of unbranched alkanes of at least 4 members (excludes halogenated alkanes) is 1. The minimum absolute atomic E-state index is 0.340. The molecule has 1 amide bonds. The van der Waals surface area contributed by atoms with Gasteiger partial charge in [0.1, 0.15) is 11.4 Å². The van der Waals surface area contributed by atoms with Crippen LogP contribution < -0.4 is 5.73 Å². The van der Waals surface area contributed by atoms with Crippen molar-refractivity contribution in [3.63, 3.8) is 0 Å². The molecule has 1 rings (SSSR count). The summed E-state index contributed by atoms with van der Waals surface area (Å²) in [6, 6.07) is 10.3. The van der Waals surface area contributed by atoms with Gasteiger partial charge in [0.05, 0.1) is 0 Å². The summed E-state index contributed by atoms with van der Waals surface area (Å²) in [5, 5.41) is 0. The molecular formula is C16H24N2O2. The predicted molar refractivity (Wildman–Crippen MR) is 81.9 cm³/mol. The molecule has 0 saturated carbocycles. The van der Waals surface area contributed by atoms with E-state index in [0.717, 1.165) is 19.3 Å². The quantitative estimate of drug-likeness (QED) is 0.506. The number of rotatable bonds is 5. The average molecular weight is 276 g/mol. The smallest absolute Gasteiger partial charge is 0.435 e. The first kappa shape index (κ1) is 16.2. The van der Waals surface area contributed by atoms with E-state index in [2.05, 4.69) is 17.1 Å². The molecule has 0 unspecified atom stereocenters. The molecule has 1 aromatic rings. The zero-order valence-electron chi connectivity index (χ0n) is 12.6. The summed E-state index contributed by atoms with van der Waals surface area (Å²) in [5.41, 5.74) is 6.50. The molecule has 0 aromatic heterocycles. The Morgan fingerprint density at radius 3 is 2.45 bits per heavy atom. The molecule has 0 fully saturated rings. The maximum absolute atomic E-state index is 11.4. The van der Waals surface area contributed by atoms with Gasteiger partial charge in [0.2, 0.25) is 0 Å². The Bertz CT molecular complexity index is 447. The fourth-order valence-corrected chi connectivity index (χ4v) is 1.74. The number of amides is 1. The Labute approximate surface area is 121 Å². The van der Waals surface area contributed by atoms with Crippen molar-refractivity contribution >= 4 is 11.9 Å². The minimum atomic E-state index is -0.613. The second kappa shape index (κ2) is 7.68. The third-order valence-corrected chi connectivity index (χ3v) is 2.62. The van der Waals surface area contributed by atoms with E-state index in [1.54, 1.807) is 20.8 Å². The van der Waals surface area contributed by atoms with Crippen LogP contribution >= 0.6 is 0 Å². The zero-order chi connectivity index (χ0) is 15.0. The lowest BCUT2D eigenvalue weighted by Crippen LogP contribution is -2.24. The third-order valence-electron chi connectivity index (χ3n) is 2.62. The molecule has 1 aromatic carbocycles. The fraction of sp³-hybridized carbons (Fsp3) is 0.500. The highest BCUT2D eigenvalue weighted by Gasteiger charge is 2.15. The Balaban J connectivity index is 2.26. The number of ether oxygens (including phenoxy) is 1. The zero-order valence-corrected chi connectivity index (χ0v) is 12.6. The first-order valence-corrected chi connectivity index (χ1v) is 6.97. The standard InChI is InChI=1S/C16H24N2O2/c1-16(2,3)20-15(19)18-14(17)12-8-7-11-13-9-5-4-6-10-13/h4-6,9-10H,7-8,11-12H2,1-3H3,(H2,17,18,19). The average Bonchev–Trinajstić information content (AvgIpc) is 2.33. The Morgan fingerprint density at radius 1 is 1.20 bits per heavy atom. The van der Waals surface area contributed by atoms with Crippen molar-refractivity contribution < 1.29 is 9.53 Å². The van der Waals surface area contributed by atoms with Gasteiger partial charge in [-0.05, 0) is 45.6 Å². The third kappa shape index (κ3) is 7.56. The van der Waals surface area contributed by atoms with Gasteiger partial charge < -0.3 is 10.5 Å². The van der Waals surface area contributed by atoms with Gasteiger partial charge in [0.15, 0.2) is 0 Å². The molecule has 4 heteroatoms. The van der Waals surface area contributed by atoms with Crippen molar-refractivity contribution in [2.75, 3.05) is 0 Å². The molecule has 110 valence electrons. The van der Waals surface area contributed by atoms with Gasteiger partial charge in [-0.25, -0.2) is 4.79 Å². The molecule has 0 atom stereocenters. The number of aliphatic imine (C=N–C) groups is 1. The molecule has 4 nitrogen and oxygen atoms in total. The highest BCUT2D eigenvalue weighted by atomic mass is 16.6. The summed E-state index contributed by atoms with van der Waals surface area (Å²) in [7, 11) is 0. The van der Waals surface area contributed by atoms with Gasteiger partial charge in [-0.3, -0.25) is 0 Å². The van der Waals surface area contributed by atoms with Crippen molar-refractivity contribution in [1.29, 1.82) is 0 Å². The number of nitrogens with zero attached hydrogens (tertiary/aromatic N) is 1. The molecule has 0 spiro atoms. The molecule has 2 N–H and O–H groups in total. The summed E-state index contributed by atoms with van der Waals surface area (Å²) < 4.78 is 5.08. The van der Waals surface area contributed by atoms with Crippen LogP contribution in [-0.2, 0) is 11.2 Å². The summed E-state index contributed by atoms with van der Waals surface area (Å²) in [4.78, 5) is 15.2. The van der Waals surface area contributed by atoms with Crippen LogP contribution in [0.25, 0.3) is 0 Å². The van der Waals surface area contributed by atoms with Crippen LogP contribution in [0, 0.1) is 0 Å². The normalized spacial score (nSPS) is 12.2. The van der Waals surface area contributed by atoms with Crippen molar-refractivity contribution in [3.05, 3.63) is 35.9 Å². The van der Waals surface area contributed by atoms with E-state index < -0.39 is 11.7 Å². The van der Waals surface area contributed by atoms with E-state index in [9.17, 15) is 4.79 Å². The van der Waals surface area contributed by atoms with Gasteiger partial charge in [0, 0.05) is 6.42 Å². The second-order valence-corrected chi connectivity index (χ2v) is 5.78. The van der Waals surface area contributed by atoms with Gasteiger partial charge in [-0.1, -0.05) is 30.3 Å². The van der Waals surface area contributed by atoms with Crippen LogP contribution in [0.3, 0.4) is 0 Å². The predicted octanol–water partition coefficient (Wildman–Crippen LogP) is 3.69. The fourth-order valence-electron chi connectivity index (χ4n) is 1.74. The van der Waals surface area contributed by atoms with Gasteiger partial charge in [-0.2, -0.15) is 4.99 Å². The molecular weight excluding hydrogens is 252 g/mol. The largest absolute Gasteiger partial charge is 0.442 e. The number of benzene rings is 1. The monoisotopic (exact) mass is 276 g/mol. The van der Waals surface area contributed by atoms with Gasteiger partial charge in [-0.15, -0.1) is 0 Å². The van der Waals surface area contributed by atoms with Crippen LogP contribution in [0.2, 0.25) is 0 Å². The molecule has 0 aliphatic carbocycles. The van der Waals surface area contributed by atoms with Crippen LogP contribution in [0.15, 0.2) is 35.3 Å². The lowest BCUT2D eigenvalue weighted by atomic mass is 10.1. The second-order valence-electron chi connectivity index (χ2n) is 5.78. The van der Waals surface area contributed by atoms with Crippen molar-refractivity contribution in [2.24, 2.45) is 10.7 Å². The molecule has 0 aliphatic rings. The highest BCUT2D eigenvalue weighted by molar-refractivity contribution is 5.90. The Kier molecular flexibility index (Phi) is 6.22. The topological polar surface area (TPSA) is 64.7 Å². The molecule has 0 aliphatic heterocycles. The van der Waals surface area contributed by atoms with Crippen molar-refractivity contribution in [3.8, 4) is 0 Å². The Morgan fingerprint density at radius 2 is 1.85 bits per heavy atom. The number of hydrogen-bond acceptors (Lipinski definition) is 2. The van der Waals surface area contributed by atoms with Crippen LogP contribution in [-0.4, -0.2) is 17.5 Å². The summed E-state index contributed by atoms with van der Waals surface area (Å²) in [6.07, 6.45) is 2.95. The highest BCUT2D eigenvalue weighted by Crippen LogP contribution is 2.09. The SMILES string of the molecule is CC(C)(C)OC(=O)/N=C(\N)CCCCc1ccccc1. The summed E-state index contributed by atoms with van der Waals surface area (Å²) >= 11 is 0. The first-order chi connectivity index (χ1) is 9.37. The Hall–Kier alpha value is -1.84. The van der Waals surface area contributed by atoms with Crippen molar-refractivity contribution in [1.82, 2.24) is 0 Å². The molecule has 0 bridgehead atoms. The summed E-state index contributed by atoms with van der Waals surface area (Å²) in [6.45, 7) is 5.41. The van der Waals surface area contributed by atoms with E-state index in [0.29, 0.717) is 12.3 Å². The molecule has 0 saturated heterocycles. The number of hydrogen-bond donors (Lipinski definition) is 1. The van der Waals surface area contributed by atoms with Gasteiger partial charge in [0.25, 0.3) is 0 Å². The van der Waals surface area contributed by atoms with E-state index in [-0.39, 0.29) is 0 Å². The van der Waals surface area contributed by atoms with Gasteiger partial charge >= 0.3 is 6.09 Å². The van der Waals surface area contributed by atoms with E-state index in [4.69, 9.17) is 10.5 Å². The summed E-state index contributed by atoms with van der Waals surface area (Å²) in [5.74, 6) is 0.340. The van der Waals surface area contributed by atoms with E-state index in [1.165, 1.54) is 5.56 Å². The first-order valence-electron chi connectivity index (χ1n) is 6.97. The maximum atomic E-state index is 11.4. The number of carbonyl (C=O) groups excluding carboxylic acids is 1. The lowest BCUT2D eigenvalue weighted by molar-refractivity contribution is 0.0604. The number of amidine groups is 1. The molecule has 20 heavy (non-hydrogen) atoms. The van der Waals surface area contributed by atoms with Crippen LogP contribution in [0.5, 0.6) is 0 Å². The van der Waals surface area contributed by atoms with Crippen molar-refractivity contribution in [2.45, 2.75) is 52.1 Å². The number of nitrogens with two attached hydrogens (primary N) is 1. The number of aryl methyl sites for hydroxylation is 1. The maximum Gasteiger partial charge on any atom is 0.435 e. The lowest BCUT2D eigenvalue weighted by Gasteiger charge is -2.17. The molecule has 0 radical (unpaired) electrons. The minimum Gasteiger partial charge on any atom is -0.442 e. The molecule has 0 heterocycles. The van der Waals surface area contributed by atoms with Crippen LogP contribution in [0.1, 0.15) is 45.6 Å². The van der Waals surface area contributed by atoms with E-state index in [1.807, 2.05) is 18.2 Å². The van der Waals surface area contributed by atoms with Crippen LogP contribution in [0.4, 0.5) is 4.79 Å².